The van der Waals surface area contributed by atoms with E-state index in [1.165, 1.54) is 37.7 Å². The van der Waals surface area contributed by atoms with Crippen molar-refractivity contribution in [2.24, 2.45) is 5.73 Å². The summed E-state index contributed by atoms with van der Waals surface area (Å²) in [5, 5.41) is 3.43. The van der Waals surface area contributed by atoms with Crippen LogP contribution in [0.15, 0.2) is 79.2 Å². The molecular formula is C25H22FN5O2. The number of rotatable bonds is 6. The molecule has 0 aliphatic heterocycles. The van der Waals surface area contributed by atoms with Gasteiger partial charge in [0.05, 0.1) is 41.1 Å². The number of nitrogens with zero attached hydrogens (tertiary/aromatic N) is 3. The molecule has 0 fully saturated rings. The molecule has 0 saturated heterocycles. The maximum absolute atomic E-state index is 13.3. The van der Waals surface area contributed by atoms with Gasteiger partial charge in [-0.15, -0.1) is 0 Å². The molecule has 1 aliphatic rings. The molecule has 1 aromatic carbocycles. The molecule has 0 spiro atoms. The lowest BCUT2D eigenvalue weighted by molar-refractivity contribution is 0.0966. The lowest BCUT2D eigenvalue weighted by Gasteiger charge is -2.11. The largest absolute Gasteiger partial charge is 0.480 e. The maximum atomic E-state index is 13.3. The van der Waals surface area contributed by atoms with Crippen LogP contribution in [0.25, 0.3) is 16.5 Å². The number of hydrogen-bond acceptors (Lipinski definition) is 6. The molecule has 2 heterocycles. The van der Waals surface area contributed by atoms with Crippen LogP contribution >= 0.6 is 0 Å². The van der Waals surface area contributed by atoms with Gasteiger partial charge in [0, 0.05) is 17.5 Å². The van der Waals surface area contributed by atoms with Crippen LogP contribution in [0, 0.1) is 0 Å². The fourth-order valence-corrected chi connectivity index (χ4v) is 3.71. The monoisotopic (exact) mass is 443 g/mol. The summed E-state index contributed by atoms with van der Waals surface area (Å²) in [6.07, 6.45) is 8.99. The first kappa shape index (κ1) is 22.0. The predicted molar refractivity (Wildman–Crippen MR) is 125 cm³/mol. The van der Waals surface area contributed by atoms with Gasteiger partial charge in [-0.05, 0) is 48.4 Å². The quantitative estimate of drug-likeness (QED) is 0.555. The highest BCUT2D eigenvalue weighted by Crippen LogP contribution is 2.38. The van der Waals surface area contributed by atoms with Crippen LogP contribution in [-0.2, 0) is 0 Å². The van der Waals surface area contributed by atoms with Gasteiger partial charge >= 0.3 is 0 Å². The Labute approximate surface area is 190 Å². The summed E-state index contributed by atoms with van der Waals surface area (Å²) in [7, 11) is 1.55. The minimum Gasteiger partial charge on any atom is -0.480 e. The minimum absolute atomic E-state index is 0.282. The average Bonchev–Trinajstić information content (AvgIpc) is 3.13. The number of carbonyl (C=O) groups is 1. The Kier molecular flexibility index (Phi) is 6.10. The normalized spacial score (nSPS) is 15.8. The second-order valence-corrected chi connectivity index (χ2v) is 7.42. The molecule has 1 atom stereocenters. The second-order valence-electron chi connectivity index (χ2n) is 7.42. The number of ether oxygens (including phenoxy) is 1. The van der Waals surface area contributed by atoms with Crippen LogP contribution in [0.2, 0.25) is 0 Å². The molecule has 3 N–H and O–H groups in total. The first-order valence-electron chi connectivity index (χ1n) is 10.2. The van der Waals surface area contributed by atoms with E-state index in [1.807, 2.05) is 24.3 Å². The summed E-state index contributed by atoms with van der Waals surface area (Å²) in [6.45, 7) is 4.88. The Hall–Kier alpha value is -4.17. The third-order valence-corrected chi connectivity index (χ3v) is 5.15. The van der Waals surface area contributed by atoms with Crippen LogP contribution in [-0.4, -0.2) is 28.0 Å². The van der Waals surface area contributed by atoms with Crippen molar-refractivity contribution in [3.63, 3.8) is 0 Å². The van der Waals surface area contributed by atoms with E-state index in [0.29, 0.717) is 17.1 Å². The van der Waals surface area contributed by atoms with E-state index in [2.05, 4.69) is 26.8 Å². The molecule has 1 aliphatic carbocycles. The molecule has 1 amide bonds. The molecular weight excluding hydrogens is 421 g/mol. The molecule has 0 unspecified atom stereocenters. The Morgan fingerprint density at radius 1 is 1.27 bits per heavy atom. The third-order valence-electron chi connectivity index (χ3n) is 5.15. The molecule has 8 heteroatoms. The van der Waals surface area contributed by atoms with Gasteiger partial charge < -0.3 is 15.8 Å². The summed E-state index contributed by atoms with van der Waals surface area (Å²) >= 11 is 0. The number of fused-ring (bicyclic) bond motifs is 2. The van der Waals surface area contributed by atoms with Crippen LogP contribution in [0.5, 0.6) is 5.88 Å². The molecule has 0 saturated carbocycles. The van der Waals surface area contributed by atoms with Crippen molar-refractivity contribution in [1.82, 2.24) is 20.3 Å². The van der Waals surface area contributed by atoms with Gasteiger partial charge in [-0.25, -0.2) is 14.4 Å². The summed E-state index contributed by atoms with van der Waals surface area (Å²) in [4.78, 5) is 25.7. The SMILES string of the molecule is C=C/C=C(\C=C(/C)F)NC(=O)c1cnc2c(c1)C(c1ccc3ncnc(OC)c3c1)=C[C@@H]2N. The van der Waals surface area contributed by atoms with Gasteiger partial charge in [0.2, 0.25) is 5.88 Å². The Morgan fingerprint density at radius 3 is 2.82 bits per heavy atom. The highest BCUT2D eigenvalue weighted by Gasteiger charge is 2.25. The number of pyridine rings is 1. The van der Waals surface area contributed by atoms with Crippen LogP contribution in [0.4, 0.5) is 4.39 Å². The second kappa shape index (κ2) is 9.13. The van der Waals surface area contributed by atoms with E-state index >= 15 is 0 Å². The Bertz CT molecular complexity index is 1360. The summed E-state index contributed by atoms with van der Waals surface area (Å²) < 4.78 is 18.7. The summed E-state index contributed by atoms with van der Waals surface area (Å²) in [5.74, 6) is -0.402. The Morgan fingerprint density at radius 2 is 2.09 bits per heavy atom. The van der Waals surface area contributed by atoms with Crippen LogP contribution in [0.3, 0.4) is 0 Å². The van der Waals surface area contributed by atoms with E-state index in [1.54, 1.807) is 13.2 Å². The van der Waals surface area contributed by atoms with Crippen LogP contribution in [0.1, 0.15) is 40.1 Å². The maximum Gasteiger partial charge on any atom is 0.257 e. The van der Waals surface area contributed by atoms with E-state index in [4.69, 9.17) is 10.5 Å². The molecule has 0 bridgehead atoms. The zero-order chi connectivity index (χ0) is 23.5. The van der Waals surface area contributed by atoms with E-state index < -0.39 is 17.8 Å². The molecule has 3 aromatic rings. The van der Waals surface area contributed by atoms with Crippen molar-refractivity contribution in [2.75, 3.05) is 7.11 Å². The number of aromatic nitrogens is 3. The van der Waals surface area contributed by atoms with Crippen molar-refractivity contribution < 1.29 is 13.9 Å². The molecule has 166 valence electrons. The fraction of sp³-hybridized carbons (Fsp3) is 0.120. The van der Waals surface area contributed by atoms with Gasteiger partial charge in [0.1, 0.15) is 6.33 Å². The highest BCUT2D eigenvalue weighted by atomic mass is 19.1. The molecule has 4 rings (SSSR count). The molecule has 2 aromatic heterocycles. The third kappa shape index (κ3) is 4.42. The number of allylic oxidation sites excluding steroid dienone is 4. The lowest BCUT2D eigenvalue weighted by atomic mass is 9.98. The standard InChI is InChI=1S/C25H22FN5O2/c1-4-5-17(8-14(2)26)31-24(32)16-10-19-18(11-21(27)23(19)28-12-16)15-6-7-22-20(9-15)25(33-3)30-13-29-22/h4-13,21H,1,27H2,2-3H3,(H,31,32)/b14-8+,17-5+/t21-/m0/s1. The highest BCUT2D eigenvalue weighted by molar-refractivity contribution is 5.98. The average molecular weight is 443 g/mol. The number of halogens is 1. The zero-order valence-corrected chi connectivity index (χ0v) is 18.2. The number of methoxy groups -OCH3 is 1. The lowest BCUT2D eigenvalue weighted by Crippen LogP contribution is -2.22. The molecule has 33 heavy (non-hydrogen) atoms. The van der Waals surface area contributed by atoms with Crippen molar-refractivity contribution >= 4 is 22.4 Å². The van der Waals surface area contributed by atoms with Gasteiger partial charge in [-0.2, -0.15) is 0 Å². The van der Waals surface area contributed by atoms with Gasteiger partial charge in [0.25, 0.3) is 5.91 Å². The number of hydrogen-bond donors (Lipinski definition) is 2. The molecule has 7 nitrogen and oxygen atoms in total. The van der Waals surface area contributed by atoms with Gasteiger partial charge in [-0.3, -0.25) is 9.78 Å². The van der Waals surface area contributed by atoms with E-state index in [0.717, 1.165) is 27.6 Å². The Balaban J connectivity index is 1.72. The minimum atomic E-state index is -0.442. The van der Waals surface area contributed by atoms with Crippen molar-refractivity contribution in [3.05, 3.63) is 102 Å². The smallest absolute Gasteiger partial charge is 0.257 e. The van der Waals surface area contributed by atoms with Crippen molar-refractivity contribution in [2.45, 2.75) is 13.0 Å². The number of carbonyl (C=O) groups excluding carboxylic acids is 1. The first-order valence-corrected chi connectivity index (χ1v) is 10.2. The number of benzene rings is 1. The topological polar surface area (TPSA) is 103 Å². The van der Waals surface area contributed by atoms with Crippen LogP contribution < -0.4 is 15.8 Å². The summed E-state index contributed by atoms with van der Waals surface area (Å²) in [6, 6.07) is 7.05. The number of nitrogens with two attached hydrogens (primary N) is 1. The number of amides is 1. The van der Waals surface area contributed by atoms with E-state index in [-0.39, 0.29) is 5.70 Å². The number of nitrogens with one attached hydrogen (secondary N) is 1. The first-order chi connectivity index (χ1) is 15.9. The molecule has 0 radical (unpaired) electrons. The zero-order valence-electron chi connectivity index (χ0n) is 18.2. The van der Waals surface area contributed by atoms with Gasteiger partial charge in [-0.1, -0.05) is 24.8 Å². The van der Waals surface area contributed by atoms with Crippen molar-refractivity contribution in [3.8, 4) is 5.88 Å². The van der Waals surface area contributed by atoms with Crippen molar-refractivity contribution in [1.29, 1.82) is 0 Å². The summed E-state index contributed by atoms with van der Waals surface area (Å²) in [5.41, 5.74) is 10.8. The fourth-order valence-electron chi connectivity index (χ4n) is 3.71. The predicted octanol–water partition coefficient (Wildman–Crippen LogP) is 4.15. The van der Waals surface area contributed by atoms with E-state index in [9.17, 15) is 9.18 Å². The van der Waals surface area contributed by atoms with Gasteiger partial charge in [0.15, 0.2) is 0 Å².